The molecule has 1 aromatic heterocycles. The highest BCUT2D eigenvalue weighted by atomic mass is 16.2. The van der Waals surface area contributed by atoms with E-state index in [1.165, 1.54) is 0 Å². The second kappa shape index (κ2) is 6.63. The number of aromatic nitrogens is 1. The van der Waals surface area contributed by atoms with Crippen molar-refractivity contribution in [1.29, 1.82) is 0 Å². The van der Waals surface area contributed by atoms with Gasteiger partial charge in [0.25, 0.3) is 5.91 Å². The van der Waals surface area contributed by atoms with Crippen molar-refractivity contribution in [1.82, 2.24) is 14.8 Å². The Kier molecular flexibility index (Phi) is 4.87. The molecule has 0 bridgehead atoms. The van der Waals surface area contributed by atoms with Crippen molar-refractivity contribution in [3.05, 3.63) is 30.1 Å². The third-order valence-electron chi connectivity index (χ3n) is 3.56. The lowest BCUT2D eigenvalue weighted by atomic mass is 10.1. The molecule has 0 spiro atoms. The first-order valence-electron chi connectivity index (χ1n) is 6.82. The summed E-state index contributed by atoms with van der Waals surface area (Å²) in [5, 5.41) is 0. The van der Waals surface area contributed by atoms with Crippen molar-refractivity contribution >= 4 is 5.91 Å². The van der Waals surface area contributed by atoms with Gasteiger partial charge in [-0.1, -0.05) is 6.92 Å². The Hall–Kier alpha value is -1.46. The third-order valence-corrected chi connectivity index (χ3v) is 3.56. The van der Waals surface area contributed by atoms with Gasteiger partial charge in [-0.05, 0) is 24.6 Å². The molecular weight excluding hydrogens is 240 g/mol. The lowest BCUT2D eigenvalue weighted by molar-refractivity contribution is 0.0622. The van der Waals surface area contributed by atoms with Crippen molar-refractivity contribution in [2.45, 2.75) is 6.92 Å². The average Bonchev–Trinajstić information content (AvgIpc) is 2.48. The monoisotopic (exact) mass is 262 g/mol. The summed E-state index contributed by atoms with van der Waals surface area (Å²) in [6.45, 7) is 7.34. The number of nitrogens with two attached hydrogens (primary N) is 1. The Morgan fingerprint density at radius 2 is 1.95 bits per heavy atom. The van der Waals surface area contributed by atoms with Crippen molar-refractivity contribution < 1.29 is 4.79 Å². The van der Waals surface area contributed by atoms with Crippen LogP contribution in [0.4, 0.5) is 0 Å². The van der Waals surface area contributed by atoms with E-state index in [4.69, 9.17) is 5.73 Å². The molecule has 1 aromatic rings. The maximum atomic E-state index is 12.2. The molecule has 1 atom stereocenters. The van der Waals surface area contributed by atoms with Crippen molar-refractivity contribution in [2.24, 2.45) is 11.7 Å². The van der Waals surface area contributed by atoms with E-state index in [2.05, 4.69) is 16.8 Å². The summed E-state index contributed by atoms with van der Waals surface area (Å²) in [5.41, 5.74) is 6.36. The van der Waals surface area contributed by atoms with Crippen LogP contribution < -0.4 is 5.73 Å². The van der Waals surface area contributed by atoms with Gasteiger partial charge >= 0.3 is 0 Å². The van der Waals surface area contributed by atoms with Gasteiger partial charge in [-0.25, -0.2) is 0 Å². The Bertz CT molecular complexity index is 401. The fourth-order valence-electron chi connectivity index (χ4n) is 2.33. The summed E-state index contributed by atoms with van der Waals surface area (Å²) < 4.78 is 0. The van der Waals surface area contributed by atoms with Crippen LogP contribution in [0.3, 0.4) is 0 Å². The lowest BCUT2D eigenvalue weighted by Gasteiger charge is -2.35. The van der Waals surface area contributed by atoms with Gasteiger partial charge in [-0.15, -0.1) is 0 Å². The van der Waals surface area contributed by atoms with Crippen LogP contribution in [0.25, 0.3) is 0 Å². The molecule has 0 radical (unpaired) electrons. The van der Waals surface area contributed by atoms with Gasteiger partial charge < -0.3 is 10.6 Å². The molecular formula is C14H22N4O. The lowest BCUT2D eigenvalue weighted by Crippen LogP contribution is -2.50. The van der Waals surface area contributed by atoms with Crippen LogP contribution in [-0.4, -0.2) is 60.0 Å². The van der Waals surface area contributed by atoms with E-state index < -0.39 is 0 Å². The van der Waals surface area contributed by atoms with Crippen molar-refractivity contribution in [2.75, 3.05) is 39.3 Å². The molecule has 1 unspecified atom stereocenters. The van der Waals surface area contributed by atoms with Gasteiger partial charge in [0.05, 0.1) is 0 Å². The number of hydrogen-bond donors (Lipinski definition) is 1. The predicted octanol–water partition coefficient (Wildman–Crippen LogP) is 0.434. The van der Waals surface area contributed by atoms with Crippen LogP contribution in [0, 0.1) is 5.92 Å². The van der Waals surface area contributed by atoms with Crippen molar-refractivity contribution in [3.63, 3.8) is 0 Å². The number of pyridine rings is 1. The number of piperazine rings is 1. The molecule has 1 amide bonds. The van der Waals surface area contributed by atoms with Gasteiger partial charge in [0, 0.05) is 50.7 Å². The van der Waals surface area contributed by atoms with E-state index >= 15 is 0 Å². The predicted molar refractivity (Wildman–Crippen MR) is 74.8 cm³/mol. The molecule has 19 heavy (non-hydrogen) atoms. The van der Waals surface area contributed by atoms with E-state index in [0.29, 0.717) is 5.92 Å². The summed E-state index contributed by atoms with van der Waals surface area (Å²) in [6.07, 6.45) is 3.32. The summed E-state index contributed by atoms with van der Waals surface area (Å²) in [5.74, 6) is 0.622. The summed E-state index contributed by atoms with van der Waals surface area (Å²) >= 11 is 0. The minimum Gasteiger partial charge on any atom is -0.336 e. The molecule has 1 saturated heterocycles. The molecule has 5 heteroatoms. The second-order valence-corrected chi connectivity index (χ2v) is 5.17. The molecule has 0 saturated carbocycles. The first-order valence-corrected chi connectivity index (χ1v) is 6.82. The minimum absolute atomic E-state index is 0.105. The van der Waals surface area contributed by atoms with Crippen LogP contribution in [0.5, 0.6) is 0 Å². The van der Waals surface area contributed by atoms with E-state index in [1.807, 2.05) is 4.90 Å². The molecule has 2 N–H and O–H groups in total. The number of carbonyl (C=O) groups excluding carboxylic acids is 1. The minimum atomic E-state index is 0.105. The molecule has 1 aliphatic heterocycles. The smallest absolute Gasteiger partial charge is 0.254 e. The Balaban J connectivity index is 1.85. The largest absolute Gasteiger partial charge is 0.336 e. The Morgan fingerprint density at radius 1 is 1.32 bits per heavy atom. The van der Waals surface area contributed by atoms with E-state index in [1.54, 1.807) is 24.5 Å². The number of carbonyl (C=O) groups is 1. The van der Waals surface area contributed by atoms with E-state index in [0.717, 1.165) is 44.8 Å². The standard InChI is InChI=1S/C14H22N4O/c1-12(10-15)11-17-6-8-18(9-7-17)14(19)13-2-4-16-5-3-13/h2-5,12H,6-11,15H2,1H3. The molecule has 104 valence electrons. The number of nitrogens with zero attached hydrogens (tertiary/aromatic N) is 3. The van der Waals surface area contributed by atoms with Crippen LogP contribution >= 0.6 is 0 Å². The zero-order chi connectivity index (χ0) is 13.7. The van der Waals surface area contributed by atoms with Gasteiger partial charge in [0.2, 0.25) is 0 Å². The second-order valence-electron chi connectivity index (χ2n) is 5.17. The first-order chi connectivity index (χ1) is 9.20. The number of rotatable bonds is 4. The third kappa shape index (κ3) is 3.75. The first kappa shape index (κ1) is 14.0. The Morgan fingerprint density at radius 3 is 2.53 bits per heavy atom. The topological polar surface area (TPSA) is 62.5 Å². The summed E-state index contributed by atoms with van der Waals surface area (Å²) in [4.78, 5) is 20.5. The summed E-state index contributed by atoms with van der Waals surface area (Å²) in [6, 6.07) is 3.54. The van der Waals surface area contributed by atoms with Gasteiger partial charge in [0.1, 0.15) is 0 Å². The van der Waals surface area contributed by atoms with E-state index in [-0.39, 0.29) is 5.91 Å². The molecule has 0 aromatic carbocycles. The zero-order valence-corrected chi connectivity index (χ0v) is 11.5. The fourth-order valence-corrected chi connectivity index (χ4v) is 2.33. The molecule has 0 aliphatic carbocycles. The SMILES string of the molecule is CC(CN)CN1CCN(C(=O)c2ccncc2)CC1. The highest BCUT2D eigenvalue weighted by molar-refractivity contribution is 5.94. The Labute approximate surface area is 114 Å². The number of hydrogen-bond acceptors (Lipinski definition) is 4. The molecule has 1 aliphatic rings. The van der Waals surface area contributed by atoms with Crippen molar-refractivity contribution in [3.8, 4) is 0 Å². The molecule has 2 heterocycles. The normalized spacial score (nSPS) is 18.3. The van der Waals surface area contributed by atoms with Gasteiger partial charge in [-0.2, -0.15) is 0 Å². The summed E-state index contributed by atoms with van der Waals surface area (Å²) in [7, 11) is 0. The van der Waals surface area contributed by atoms with Crippen LogP contribution in [-0.2, 0) is 0 Å². The number of amides is 1. The maximum absolute atomic E-state index is 12.2. The molecule has 2 rings (SSSR count). The molecule has 1 fully saturated rings. The van der Waals surface area contributed by atoms with Gasteiger partial charge in [-0.3, -0.25) is 14.7 Å². The van der Waals surface area contributed by atoms with Crippen LogP contribution in [0.15, 0.2) is 24.5 Å². The zero-order valence-electron chi connectivity index (χ0n) is 11.5. The maximum Gasteiger partial charge on any atom is 0.254 e. The van der Waals surface area contributed by atoms with Crippen LogP contribution in [0.2, 0.25) is 0 Å². The quantitative estimate of drug-likeness (QED) is 0.855. The highest BCUT2D eigenvalue weighted by Gasteiger charge is 2.22. The van der Waals surface area contributed by atoms with Gasteiger partial charge in [0.15, 0.2) is 0 Å². The molecule has 5 nitrogen and oxygen atoms in total. The fraction of sp³-hybridized carbons (Fsp3) is 0.571. The highest BCUT2D eigenvalue weighted by Crippen LogP contribution is 2.09. The van der Waals surface area contributed by atoms with Crippen LogP contribution in [0.1, 0.15) is 17.3 Å². The average molecular weight is 262 g/mol. The van der Waals surface area contributed by atoms with E-state index in [9.17, 15) is 4.79 Å².